The molecule has 1 heterocycles. The number of aromatic nitrogens is 1. The first-order valence-electron chi connectivity index (χ1n) is 11.5. The minimum Gasteiger partial charge on any atom is -0.480 e. The van der Waals surface area contributed by atoms with Crippen LogP contribution in [0.2, 0.25) is 0 Å². The van der Waals surface area contributed by atoms with Crippen LogP contribution in [0.4, 0.5) is 4.79 Å². The van der Waals surface area contributed by atoms with Gasteiger partial charge < -0.3 is 15.4 Å². The number of urea groups is 1. The Kier molecular flexibility index (Phi) is 7.26. The maximum absolute atomic E-state index is 13.3. The number of aromatic amines is 1. The number of imide groups is 1. The average Bonchev–Trinajstić information content (AvgIpc) is 3.29. The lowest BCUT2D eigenvalue weighted by Crippen LogP contribution is -2.51. The van der Waals surface area contributed by atoms with E-state index in [-0.39, 0.29) is 13.0 Å². The van der Waals surface area contributed by atoms with Gasteiger partial charge in [-0.05, 0) is 41.3 Å². The molecule has 178 valence electrons. The van der Waals surface area contributed by atoms with Crippen LogP contribution in [-0.2, 0) is 11.2 Å². The number of carboxylic acid groups (broad SMARTS) is 1. The third kappa shape index (κ3) is 5.41. The number of aliphatic carboxylic acids is 1. The van der Waals surface area contributed by atoms with Crippen molar-refractivity contribution in [2.24, 2.45) is 0 Å². The van der Waals surface area contributed by atoms with E-state index in [1.165, 1.54) is 0 Å². The van der Waals surface area contributed by atoms with Crippen LogP contribution in [0.5, 0.6) is 0 Å². The van der Waals surface area contributed by atoms with Crippen LogP contribution in [0.15, 0.2) is 85.1 Å². The number of rotatable bonds is 8. The Morgan fingerprint density at radius 2 is 1.66 bits per heavy atom. The number of nitrogens with one attached hydrogen (secondary N) is 2. The predicted molar refractivity (Wildman–Crippen MR) is 135 cm³/mol. The van der Waals surface area contributed by atoms with Gasteiger partial charge in [0.2, 0.25) is 0 Å². The van der Waals surface area contributed by atoms with Crippen LogP contribution in [0.25, 0.3) is 22.0 Å². The number of hydrogen-bond acceptors (Lipinski definition) is 3. The standard InChI is InChI=1S/C28H27N3O4/c1-2-15-31(26(32)21-12-8-11-20(16-21)19-9-4-3-5-10-19)28(35)30-25(27(33)34)17-22-18-29-24-14-7-6-13-23(22)24/h3-14,16,18,25,29H,2,15,17H2,1H3,(H,30,35)(H,33,34). The van der Waals surface area contributed by atoms with Crippen molar-refractivity contribution in [3.8, 4) is 11.1 Å². The van der Waals surface area contributed by atoms with Crippen LogP contribution in [0.1, 0.15) is 29.3 Å². The summed E-state index contributed by atoms with van der Waals surface area (Å²) >= 11 is 0. The highest BCUT2D eigenvalue weighted by Gasteiger charge is 2.28. The Morgan fingerprint density at radius 3 is 2.40 bits per heavy atom. The third-order valence-corrected chi connectivity index (χ3v) is 5.85. The summed E-state index contributed by atoms with van der Waals surface area (Å²) in [6, 6.07) is 22.4. The van der Waals surface area contributed by atoms with E-state index >= 15 is 0 Å². The zero-order valence-electron chi connectivity index (χ0n) is 19.4. The van der Waals surface area contributed by atoms with Crippen LogP contribution >= 0.6 is 0 Å². The lowest BCUT2D eigenvalue weighted by atomic mass is 10.0. The molecule has 0 aliphatic heterocycles. The fraction of sp³-hybridized carbons (Fsp3) is 0.179. The minimum absolute atomic E-state index is 0.0860. The Labute approximate surface area is 203 Å². The number of para-hydroxylation sites is 1. The van der Waals surface area contributed by atoms with Crippen molar-refractivity contribution in [1.82, 2.24) is 15.2 Å². The molecule has 3 N–H and O–H groups in total. The monoisotopic (exact) mass is 469 g/mol. The molecule has 0 aliphatic rings. The first-order chi connectivity index (χ1) is 17.0. The highest BCUT2D eigenvalue weighted by atomic mass is 16.4. The zero-order valence-corrected chi connectivity index (χ0v) is 19.4. The van der Waals surface area contributed by atoms with Gasteiger partial charge in [0.25, 0.3) is 5.91 Å². The quantitative estimate of drug-likeness (QED) is 0.334. The second-order valence-corrected chi connectivity index (χ2v) is 8.31. The summed E-state index contributed by atoms with van der Waals surface area (Å²) in [5, 5.41) is 13.2. The Balaban J connectivity index is 1.54. The van der Waals surface area contributed by atoms with Gasteiger partial charge in [0.15, 0.2) is 0 Å². The van der Waals surface area contributed by atoms with Crippen LogP contribution in [0, 0.1) is 0 Å². The number of nitrogens with zero attached hydrogens (tertiary/aromatic N) is 1. The van der Waals surface area contributed by atoms with Crippen molar-refractivity contribution in [3.63, 3.8) is 0 Å². The van der Waals surface area contributed by atoms with E-state index in [9.17, 15) is 19.5 Å². The van der Waals surface area contributed by atoms with Gasteiger partial charge in [-0.2, -0.15) is 0 Å². The largest absolute Gasteiger partial charge is 0.480 e. The summed E-state index contributed by atoms with van der Waals surface area (Å²) in [7, 11) is 0. The van der Waals surface area contributed by atoms with E-state index in [1.54, 1.807) is 24.4 Å². The van der Waals surface area contributed by atoms with E-state index in [1.807, 2.05) is 67.6 Å². The number of carboxylic acids is 1. The van der Waals surface area contributed by atoms with Gasteiger partial charge in [0.05, 0.1) is 0 Å². The van der Waals surface area contributed by atoms with E-state index in [0.29, 0.717) is 12.0 Å². The molecule has 1 unspecified atom stereocenters. The maximum Gasteiger partial charge on any atom is 0.326 e. The first kappa shape index (κ1) is 23.8. The number of carbonyl (C=O) groups excluding carboxylic acids is 2. The van der Waals surface area contributed by atoms with Gasteiger partial charge in [-0.25, -0.2) is 9.59 Å². The number of hydrogen-bond donors (Lipinski definition) is 3. The van der Waals surface area contributed by atoms with Crippen molar-refractivity contribution >= 4 is 28.8 Å². The van der Waals surface area contributed by atoms with E-state index in [2.05, 4.69) is 10.3 Å². The Bertz CT molecular complexity index is 1350. The summed E-state index contributed by atoms with van der Waals surface area (Å²) < 4.78 is 0. The summed E-state index contributed by atoms with van der Waals surface area (Å²) in [5.74, 6) is -1.64. The smallest absolute Gasteiger partial charge is 0.326 e. The van der Waals surface area contributed by atoms with Gasteiger partial charge in [0.1, 0.15) is 6.04 Å². The van der Waals surface area contributed by atoms with Crippen molar-refractivity contribution in [2.75, 3.05) is 6.54 Å². The summed E-state index contributed by atoms with van der Waals surface area (Å²) in [5.41, 5.74) is 3.84. The molecule has 0 saturated carbocycles. The second-order valence-electron chi connectivity index (χ2n) is 8.31. The van der Waals surface area contributed by atoms with Crippen molar-refractivity contribution in [3.05, 3.63) is 96.2 Å². The molecular formula is C28H27N3O4. The lowest BCUT2D eigenvalue weighted by Gasteiger charge is -2.23. The second kappa shape index (κ2) is 10.7. The highest BCUT2D eigenvalue weighted by molar-refractivity contribution is 6.05. The fourth-order valence-electron chi connectivity index (χ4n) is 4.08. The summed E-state index contributed by atoms with van der Waals surface area (Å²) in [4.78, 5) is 42.6. The molecule has 3 aromatic carbocycles. The molecule has 0 saturated heterocycles. The van der Waals surface area contributed by atoms with Crippen molar-refractivity contribution in [2.45, 2.75) is 25.8 Å². The SMILES string of the molecule is CCCN(C(=O)NC(Cc1c[nH]c2ccccc12)C(=O)O)C(=O)c1cccc(-c2ccccc2)c1. The molecule has 3 amide bonds. The molecule has 0 aliphatic carbocycles. The molecule has 0 fully saturated rings. The molecule has 0 radical (unpaired) electrons. The van der Waals surface area contributed by atoms with Crippen LogP contribution in [-0.4, -0.2) is 45.5 Å². The average molecular weight is 470 g/mol. The van der Waals surface area contributed by atoms with Gasteiger partial charge in [0, 0.05) is 35.6 Å². The van der Waals surface area contributed by atoms with Crippen molar-refractivity contribution < 1.29 is 19.5 Å². The molecule has 35 heavy (non-hydrogen) atoms. The molecule has 0 bridgehead atoms. The van der Waals surface area contributed by atoms with E-state index in [4.69, 9.17) is 0 Å². The molecule has 7 nitrogen and oxygen atoms in total. The molecule has 4 aromatic rings. The number of amides is 3. The first-order valence-corrected chi connectivity index (χ1v) is 11.5. The Hall–Kier alpha value is -4.39. The van der Waals surface area contributed by atoms with E-state index in [0.717, 1.165) is 32.5 Å². The van der Waals surface area contributed by atoms with Crippen LogP contribution in [0.3, 0.4) is 0 Å². The normalized spacial score (nSPS) is 11.7. The molecular weight excluding hydrogens is 442 g/mol. The molecule has 7 heteroatoms. The highest BCUT2D eigenvalue weighted by Crippen LogP contribution is 2.22. The van der Waals surface area contributed by atoms with Gasteiger partial charge in [-0.3, -0.25) is 9.69 Å². The number of fused-ring (bicyclic) bond motifs is 1. The minimum atomic E-state index is -1.19. The topological polar surface area (TPSA) is 102 Å². The maximum atomic E-state index is 13.3. The van der Waals surface area contributed by atoms with Gasteiger partial charge in [-0.1, -0.05) is 67.6 Å². The van der Waals surface area contributed by atoms with E-state index < -0.39 is 23.9 Å². The number of benzene rings is 3. The number of carbonyl (C=O) groups is 3. The summed E-state index contributed by atoms with van der Waals surface area (Å²) in [6.07, 6.45) is 2.37. The number of H-pyrrole nitrogens is 1. The molecule has 1 aromatic heterocycles. The lowest BCUT2D eigenvalue weighted by molar-refractivity contribution is -0.139. The van der Waals surface area contributed by atoms with Gasteiger partial charge >= 0.3 is 12.0 Å². The third-order valence-electron chi connectivity index (χ3n) is 5.85. The molecule has 4 rings (SSSR count). The van der Waals surface area contributed by atoms with Crippen molar-refractivity contribution in [1.29, 1.82) is 0 Å². The predicted octanol–water partition coefficient (Wildman–Crippen LogP) is 5.09. The summed E-state index contributed by atoms with van der Waals surface area (Å²) in [6.45, 7) is 2.02. The fourth-order valence-corrected chi connectivity index (χ4v) is 4.08. The Morgan fingerprint density at radius 1 is 0.943 bits per heavy atom. The zero-order chi connectivity index (χ0) is 24.8. The molecule has 0 spiro atoms. The van der Waals surface area contributed by atoms with Crippen LogP contribution < -0.4 is 5.32 Å². The van der Waals surface area contributed by atoms with Gasteiger partial charge in [-0.15, -0.1) is 0 Å². The molecule has 1 atom stereocenters.